The van der Waals surface area contributed by atoms with Crippen LogP contribution < -0.4 is 0 Å². The Morgan fingerprint density at radius 2 is 2.05 bits per heavy atom. The Kier molecular flexibility index (Phi) is 5.06. The van der Waals surface area contributed by atoms with Gasteiger partial charge in [-0.2, -0.15) is 0 Å². The SMILES string of the molecule is O=C(CCl)N(Cc1c(F)cccc1Cl)C1CCCC1. The fourth-order valence-corrected chi connectivity index (χ4v) is 2.94. The number of alkyl halides is 1. The van der Waals surface area contributed by atoms with E-state index < -0.39 is 0 Å². The van der Waals surface area contributed by atoms with Crippen molar-refractivity contribution in [2.24, 2.45) is 0 Å². The normalized spacial score (nSPS) is 15.7. The van der Waals surface area contributed by atoms with Gasteiger partial charge in [0.15, 0.2) is 0 Å². The van der Waals surface area contributed by atoms with Crippen molar-refractivity contribution in [1.29, 1.82) is 0 Å². The first kappa shape index (κ1) is 14.6. The summed E-state index contributed by atoms with van der Waals surface area (Å²) in [6.07, 6.45) is 4.10. The van der Waals surface area contributed by atoms with Gasteiger partial charge in [0.25, 0.3) is 0 Å². The Labute approximate surface area is 122 Å². The highest BCUT2D eigenvalue weighted by molar-refractivity contribution is 6.31. The van der Waals surface area contributed by atoms with Gasteiger partial charge in [0.2, 0.25) is 5.91 Å². The third-order valence-corrected chi connectivity index (χ3v) is 4.17. The molecule has 0 bridgehead atoms. The molecule has 5 heteroatoms. The van der Waals surface area contributed by atoms with E-state index in [1.807, 2.05) is 0 Å². The number of halogens is 3. The van der Waals surface area contributed by atoms with Gasteiger partial charge in [-0.3, -0.25) is 4.79 Å². The highest BCUT2D eigenvalue weighted by Crippen LogP contribution is 2.28. The minimum atomic E-state index is -0.377. The number of benzene rings is 1. The topological polar surface area (TPSA) is 20.3 Å². The van der Waals surface area contributed by atoms with E-state index in [9.17, 15) is 9.18 Å². The summed E-state index contributed by atoms with van der Waals surface area (Å²) in [6.45, 7) is 0.196. The Hall–Kier alpha value is -0.800. The Balaban J connectivity index is 2.22. The summed E-state index contributed by atoms with van der Waals surface area (Å²) in [5.41, 5.74) is 0.370. The first-order valence-corrected chi connectivity index (χ1v) is 7.33. The van der Waals surface area contributed by atoms with Gasteiger partial charge in [0.1, 0.15) is 11.7 Å². The van der Waals surface area contributed by atoms with Crippen molar-refractivity contribution in [3.63, 3.8) is 0 Å². The number of nitrogens with zero attached hydrogens (tertiary/aromatic N) is 1. The molecule has 0 N–H and O–H groups in total. The number of rotatable bonds is 4. The number of hydrogen-bond acceptors (Lipinski definition) is 1. The zero-order valence-corrected chi connectivity index (χ0v) is 12.1. The van der Waals surface area contributed by atoms with E-state index in [1.54, 1.807) is 17.0 Å². The van der Waals surface area contributed by atoms with E-state index in [2.05, 4.69) is 0 Å². The van der Waals surface area contributed by atoms with Crippen LogP contribution in [0.3, 0.4) is 0 Å². The van der Waals surface area contributed by atoms with Crippen molar-refractivity contribution >= 4 is 29.1 Å². The van der Waals surface area contributed by atoms with E-state index >= 15 is 0 Å². The van der Waals surface area contributed by atoms with Gasteiger partial charge in [0.05, 0.1) is 6.54 Å². The molecule has 1 aliphatic rings. The minimum Gasteiger partial charge on any atom is -0.334 e. The van der Waals surface area contributed by atoms with E-state index in [4.69, 9.17) is 23.2 Å². The third-order valence-electron chi connectivity index (χ3n) is 3.59. The molecule has 1 aliphatic carbocycles. The van der Waals surface area contributed by atoms with Crippen LogP contribution in [0.2, 0.25) is 5.02 Å². The molecule has 1 amide bonds. The zero-order valence-electron chi connectivity index (χ0n) is 10.5. The van der Waals surface area contributed by atoms with Gasteiger partial charge in [0, 0.05) is 16.6 Å². The second kappa shape index (κ2) is 6.58. The Bertz CT molecular complexity index is 441. The molecular formula is C14H16Cl2FNO. The predicted octanol–water partition coefficient (Wildman–Crippen LogP) is 3.99. The fourth-order valence-electron chi connectivity index (χ4n) is 2.57. The third kappa shape index (κ3) is 3.40. The molecule has 0 radical (unpaired) electrons. The molecule has 1 aromatic rings. The van der Waals surface area contributed by atoms with Crippen LogP contribution in [0, 0.1) is 5.82 Å². The van der Waals surface area contributed by atoms with Crippen molar-refractivity contribution in [3.05, 3.63) is 34.6 Å². The standard InChI is InChI=1S/C14H16Cl2FNO/c15-8-14(19)18(10-4-1-2-5-10)9-11-12(16)6-3-7-13(11)17/h3,6-7,10H,1-2,4-5,8-9H2. The highest BCUT2D eigenvalue weighted by Gasteiger charge is 2.27. The molecule has 0 aliphatic heterocycles. The average Bonchev–Trinajstić information content (AvgIpc) is 2.91. The molecule has 1 aromatic carbocycles. The van der Waals surface area contributed by atoms with Crippen LogP contribution in [0.25, 0.3) is 0 Å². The van der Waals surface area contributed by atoms with Crippen molar-refractivity contribution in [2.75, 3.05) is 5.88 Å². The van der Waals surface area contributed by atoms with Crippen LogP contribution in [0.5, 0.6) is 0 Å². The van der Waals surface area contributed by atoms with Gasteiger partial charge in [-0.15, -0.1) is 11.6 Å². The van der Waals surface area contributed by atoms with E-state index in [-0.39, 0.29) is 30.2 Å². The molecule has 2 rings (SSSR count). The molecule has 0 saturated heterocycles. The highest BCUT2D eigenvalue weighted by atomic mass is 35.5. The molecular weight excluding hydrogens is 288 g/mol. The maximum atomic E-state index is 13.8. The summed E-state index contributed by atoms with van der Waals surface area (Å²) in [5, 5.41) is 0.352. The monoisotopic (exact) mass is 303 g/mol. The summed E-state index contributed by atoms with van der Waals surface area (Å²) < 4.78 is 13.8. The summed E-state index contributed by atoms with van der Waals surface area (Å²) in [4.78, 5) is 13.6. The lowest BCUT2D eigenvalue weighted by Crippen LogP contribution is -2.39. The quantitative estimate of drug-likeness (QED) is 0.770. The Morgan fingerprint density at radius 3 is 2.63 bits per heavy atom. The lowest BCUT2D eigenvalue weighted by atomic mass is 10.1. The molecule has 2 nitrogen and oxygen atoms in total. The van der Waals surface area contributed by atoms with Crippen molar-refractivity contribution < 1.29 is 9.18 Å². The lowest BCUT2D eigenvalue weighted by molar-refractivity contribution is -0.131. The van der Waals surface area contributed by atoms with Crippen LogP contribution in [0.4, 0.5) is 4.39 Å². The average molecular weight is 304 g/mol. The summed E-state index contributed by atoms with van der Waals surface area (Å²) >= 11 is 11.7. The predicted molar refractivity (Wildman–Crippen MR) is 74.9 cm³/mol. The van der Waals surface area contributed by atoms with Gasteiger partial charge < -0.3 is 4.90 Å². The van der Waals surface area contributed by atoms with Gasteiger partial charge >= 0.3 is 0 Å². The molecule has 0 unspecified atom stereocenters. The molecule has 0 atom stereocenters. The second-order valence-electron chi connectivity index (χ2n) is 4.79. The van der Waals surface area contributed by atoms with Gasteiger partial charge in [-0.05, 0) is 25.0 Å². The van der Waals surface area contributed by atoms with Crippen molar-refractivity contribution in [2.45, 2.75) is 38.3 Å². The maximum Gasteiger partial charge on any atom is 0.238 e. The van der Waals surface area contributed by atoms with Crippen LogP contribution in [-0.2, 0) is 11.3 Å². The minimum absolute atomic E-state index is 0.0808. The number of amides is 1. The second-order valence-corrected chi connectivity index (χ2v) is 5.47. The molecule has 19 heavy (non-hydrogen) atoms. The molecule has 1 saturated carbocycles. The maximum absolute atomic E-state index is 13.8. The smallest absolute Gasteiger partial charge is 0.238 e. The van der Waals surface area contributed by atoms with Gasteiger partial charge in [-0.25, -0.2) is 4.39 Å². The summed E-state index contributed by atoms with van der Waals surface area (Å²) in [5.74, 6) is -0.617. The van der Waals surface area contributed by atoms with Crippen LogP contribution in [-0.4, -0.2) is 22.7 Å². The summed E-state index contributed by atoms with van der Waals surface area (Å²) in [7, 11) is 0. The molecule has 0 heterocycles. The zero-order chi connectivity index (χ0) is 13.8. The number of hydrogen-bond donors (Lipinski definition) is 0. The Morgan fingerprint density at radius 1 is 1.37 bits per heavy atom. The van der Waals surface area contributed by atoms with Gasteiger partial charge in [-0.1, -0.05) is 30.5 Å². The fraction of sp³-hybridized carbons (Fsp3) is 0.500. The van der Waals surface area contributed by atoms with Crippen molar-refractivity contribution in [1.82, 2.24) is 4.90 Å². The molecule has 0 aromatic heterocycles. The van der Waals surface area contributed by atoms with Crippen molar-refractivity contribution in [3.8, 4) is 0 Å². The summed E-state index contributed by atoms with van der Waals surface area (Å²) in [6, 6.07) is 4.71. The van der Waals surface area contributed by atoms with Crippen LogP contribution in [0.15, 0.2) is 18.2 Å². The first-order valence-electron chi connectivity index (χ1n) is 6.42. The molecule has 0 spiro atoms. The van der Waals surface area contributed by atoms with E-state index in [1.165, 1.54) is 6.07 Å². The first-order chi connectivity index (χ1) is 9.13. The number of carbonyl (C=O) groups is 1. The molecule has 104 valence electrons. The molecule has 1 fully saturated rings. The van der Waals surface area contributed by atoms with Crippen LogP contribution in [0.1, 0.15) is 31.2 Å². The lowest BCUT2D eigenvalue weighted by Gasteiger charge is -2.29. The van der Waals surface area contributed by atoms with E-state index in [0.29, 0.717) is 10.6 Å². The largest absolute Gasteiger partial charge is 0.334 e. The number of carbonyl (C=O) groups excluding carboxylic acids is 1. The van der Waals surface area contributed by atoms with E-state index in [0.717, 1.165) is 25.7 Å². The van der Waals surface area contributed by atoms with Crippen LogP contribution >= 0.6 is 23.2 Å².